The Morgan fingerprint density at radius 1 is 1.38 bits per heavy atom. The first-order chi connectivity index (χ1) is 10.2. The molecule has 1 aromatic heterocycles. The van der Waals surface area contributed by atoms with Gasteiger partial charge in [0, 0.05) is 48.5 Å². The molecule has 0 saturated heterocycles. The molecule has 2 heterocycles. The number of nitrogens with one attached hydrogen (secondary N) is 1. The summed E-state index contributed by atoms with van der Waals surface area (Å²) in [5.74, 6) is 0.580. The molecule has 0 unspecified atom stereocenters. The maximum Gasteiger partial charge on any atom is 0.270 e. The predicted octanol–water partition coefficient (Wildman–Crippen LogP) is 2.26. The fourth-order valence-electron chi connectivity index (χ4n) is 2.59. The van der Waals surface area contributed by atoms with Crippen molar-refractivity contribution >= 4 is 5.69 Å². The van der Waals surface area contributed by atoms with Gasteiger partial charge in [0.25, 0.3) is 5.69 Å². The maximum absolute atomic E-state index is 10.9. The van der Waals surface area contributed by atoms with E-state index in [4.69, 9.17) is 0 Å². The molecule has 6 nitrogen and oxygen atoms in total. The molecule has 1 aromatic carbocycles. The zero-order valence-electron chi connectivity index (χ0n) is 11.8. The van der Waals surface area contributed by atoms with Crippen LogP contribution in [0.2, 0.25) is 0 Å². The molecule has 0 spiro atoms. The van der Waals surface area contributed by atoms with Crippen LogP contribution in [0, 0.1) is 10.1 Å². The van der Waals surface area contributed by atoms with Crippen LogP contribution < -0.4 is 5.32 Å². The number of nitro benzene ring substituents is 1. The summed E-state index contributed by atoms with van der Waals surface area (Å²) < 4.78 is 0. The lowest BCUT2D eigenvalue weighted by Crippen LogP contribution is -2.26. The molecule has 3 rings (SSSR count). The van der Waals surface area contributed by atoms with Crippen molar-refractivity contribution in [2.24, 2.45) is 0 Å². The lowest BCUT2D eigenvalue weighted by atomic mass is 10.0. The summed E-state index contributed by atoms with van der Waals surface area (Å²) >= 11 is 0. The van der Waals surface area contributed by atoms with Crippen molar-refractivity contribution in [2.45, 2.75) is 26.3 Å². The van der Waals surface area contributed by atoms with Gasteiger partial charge in [-0.15, -0.1) is 0 Å². The van der Waals surface area contributed by atoms with Crippen LogP contribution in [-0.2, 0) is 19.4 Å². The van der Waals surface area contributed by atoms with Gasteiger partial charge in [-0.1, -0.05) is 19.1 Å². The van der Waals surface area contributed by atoms with Gasteiger partial charge in [-0.3, -0.25) is 10.1 Å². The van der Waals surface area contributed by atoms with E-state index in [1.165, 1.54) is 17.7 Å². The average Bonchev–Trinajstić information content (AvgIpc) is 2.53. The molecule has 0 atom stereocenters. The molecule has 0 aliphatic carbocycles. The van der Waals surface area contributed by atoms with Crippen molar-refractivity contribution in [1.82, 2.24) is 15.3 Å². The topological polar surface area (TPSA) is 81.0 Å². The number of non-ortho nitro benzene ring substituents is 1. The first kappa shape index (κ1) is 13.6. The Bertz CT molecular complexity index is 683. The van der Waals surface area contributed by atoms with E-state index in [9.17, 15) is 10.1 Å². The van der Waals surface area contributed by atoms with Crippen LogP contribution in [0.3, 0.4) is 0 Å². The lowest BCUT2D eigenvalue weighted by Gasteiger charge is -2.19. The number of fused-ring (bicyclic) bond motifs is 1. The third-order valence-corrected chi connectivity index (χ3v) is 3.67. The number of aromatic nitrogens is 2. The van der Waals surface area contributed by atoms with Gasteiger partial charge in [-0.25, -0.2) is 9.97 Å². The molecule has 2 aromatic rings. The number of hydrogen-bond donors (Lipinski definition) is 1. The largest absolute Gasteiger partial charge is 0.312 e. The van der Waals surface area contributed by atoms with E-state index in [-0.39, 0.29) is 5.69 Å². The van der Waals surface area contributed by atoms with Crippen LogP contribution in [0.1, 0.15) is 23.9 Å². The third-order valence-electron chi connectivity index (χ3n) is 3.67. The van der Waals surface area contributed by atoms with Crippen LogP contribution in [0.5, 0.6) is 0 Å². The molecule has 1 N–H and O–H groups in total. The van der Waals surface area contributed by atoms with E-state index in [0.717, 1.165) is 37.3 Å². The molecule has 0 bridgehead atoms. The van der Waals surface area contributed by atoms with Gasteiger partial charge >= 0.3 is 0 Å². The molecule has 0 saturated carbocycles. The average molecular weight is 284 g/mol. The standard InChI is InChI=1S/C15H16N4O2/c1-2-13-12-9-16-7-6-14(12)18-15(17-13)10-4-3-5-11(8-10)19(20)21/h3-5,8,16H,2,6-7,9H2,1H3. The predicted molar refractivity (Wildman–Crippen MR) is 78.9 cm³/mol. The Labute approximate surface area is 122 Å². The second kappa shape index (κ2) is 5.57. The van der Waals surface area contributed by atoms with Crippen molar-refractivity contribution < 1.29 is 4.92 Å². The van der Waals surface area contributed by atoms with Crippen molar-refractivity contribution in [3.63, 3.8) is 0 Å². The summed E-state index contributed by atoms with van der Waals surface area (Å²) in [7, 11) is 0. The van der Waals surface area contributed by atoms with Crippen LogP contribution in [-0.4, -0.2) is 21.4 Å². The lowest BCUT2D eigenvalue weighted by molar-refractivity contribution is -0.384. The Kier molecular flexibility index (Phi) is 3.62. The van der Waals surface area contributed by atoms with Crippen LogP contribution in [0.4, 0.5) is 5.69 Å². The number of aryl methyl sites for hydroxylation is 1. The van der Waals surface area contributed by atoms with Gasteiger partial charge in [-0.2, -0.15) is 0 Å². The van der Waals surface area contributed by atoms with Gasteiger partial charge in [0.1, 0.15) is 0 Å². The van der Waals surface area contributed by atoms with Gasteiger partial charge in [0.2, 0.25) is 0 Å². The molecule has 6 heteroatoms. The summed E-state index contributed by atoms with van der Waals surface area (Å²) in [6.45, 7) is 3.77. The second-order valence-corrected chi connectivity index (χ2v) is 5.01. The molecule has 0 amide bonds. The minimum absolute atomic E-state index is 0.0635. The number of nitrogens with zero attached hydrogens (tertiary/aromatic N) is 3. The van der Waals surface area contributed by atoms with Crippen LogP contribution in [0.15, 0.2) is 24.3 Å². The van der Waals surface area contributed by atoms with E-state index in [2.05, 4.69) is 22.2 Å². The number of hydrogen-bond acceptors (Lipinski definition) is 5. The summed E-state index contributed by atoms with van der Waals surface area (Å²) in [5, 5.41) is 14.2. The second-order valence-electron chi connectivity index (χ2n) is 5.01. The van der Waals surface area contributed by atoms with Gasteiger partial charge in [0.05, 0.1) is 10.6 Å². The molecular formula is C15H16N4O2. The molecular weight excluding hydrogens is 268 g/mol. The first-order valence-electron chi connectivity index (χ1n) is 7.03. The molecule has 1 aliphatic rings. The minimum atomic E-state index is -0.396. The Hall–Kier alpha value is -2.34. The van der Waals surface area contributed by atoms with E-state index >= 15 is 0 Å². The quantitative estimate of drug-likeness (QED) is 0.690. The summed E-state index contributed by atoms with van der Waals surface area (Å²) in [4.78, 5) is 19.7. The Morgan fingerprint density at radius 3 is 3.00 bits per heavy atom. The van der Waals surface area contributed by atoms with Crippen molar-refractivity contribution in [2.75, 3.05) is 6.54 Å². The SMILES string of the molecule is CCc1nc(-c2cccc([N+](=O)[O-])c2)nc2c1CNCC2. The molecule has 0 radical (unpaired) electrons. The Morgan fingerprint density at radius 2 is 2.24 bits per heavy atom. The van der Waals surface area contributed by atoms with Gasteiger partial charge < -0.3 is 5.32 Å². The van der Waals surface area contributed by atoms with E-state index < -0.39 is 4.92 Å². The smallest absolute Gasteiger partial charge is 0.270 e. The number of rotatable bonds is 3. The first-order valence-corrected chi connectivity index (χ1v) is 7.03. The van der Waals surface area contributed by atoms with Crippen LogP contribution >= 0.6 is 0 Å². The van der Waals surface area contributed by atoms with E-state index in [1.807, 2.05) is 6.07 Å². The van der Waals surface area contributed by atoms with Crippen molar-refractivity contribution in [3.05, 3.63) is 51.3 Å². The number of benzene rings is 1. The maximum atomic E-state index is 10.9. The molecule has 108 valence electrons. The zero-order valence-corrected chi connectivity index (χ0v) is 11.8. The molecule has 0 fully saturated rings. The van der Waals surface area contributed by atoms with Crippen LogP contribution in [0.25, 0.3) is 11.4 Å². The third kappa shape index (κ3) is 2.62. The summed E-state index contributed by atoms with van der Waals surface area (Å²) in [5.41, 5.74) is 4.02. The van der Waals surface area contributed by atoms with Gasteiger partial charge in [0.15, 0.2) is 5.82 Å². The van der Waals surface area contributed by atoms with Crippen molar-refractivity contribution in [1.29, 1.82) is 0 Å². The monoisotopic (exact) mass is 284 g/mol. The highest BCUT2D eigenvalue weighted by Crippen LogP contribution is 2.24. The summed E-state index contributed by atoms with van der Waals surface area (Å²) in [6, 6.07) is 6.49. The normalized spacial score (nSPS) is 13.8. The highest BCUT2D eigenvalue weighted by molar-refractivity contribution is 5.60. The Balaban J connectivity index is 2.10. The fourth-order valence-corrected chi connectivity index (χ4v) is 2.59. The fraction of sp³-hybridized carbons (Fsp3) is 0.333. The minimum Gasteiger partial charge on any atom is -0.312 e. The molecule has 21 heavy (non-hydrogen) atoms. The van der Waals surface area contributed by atoms with E-state index in [1.54, 1.807) is 6.07 Å². The highest BCUT2D eigenvalue weighted by atomic mass is 16.6. The highest BCUT2D eigenvalue weighted by Gasteiger charge is 2.18. The number of nitro groups is 1. The van der Waals surface area contributed by atoms with E-state index in [0.29, 0.717) is 11.4 Å². The van der Waals surface area contributed by atoms with Crippen molar-refractivity contribution in [3.8, 4) is 11.4 Å². The molecule has 1 aliphatic heterocycles. The van der Waals surface area contributed by atoms with Gasteiger partial charge in [-0.05, 0) is 6.42 Å². The summed E-state index contributed by atoms with van der Waals surface area (Å²) in [6.07, 6.45) is 1.70. The zero-order chi connectivity index (χ0) is 14.8.